The molecular weight excluding hydrogens is 286 g/mol. The van der Waals surface area contributed by atoms with E-state index in [1.165, 1.54) is 0 Å². The van der Waals surface area contributed by atoms with E-state index in [1.807, 2.05) is 13.8 Å². The molecule has 0 aromatic heterocycles. The number of ether oxygens (including phenoxy) is 2. The molecule has 22 heavy (non-hydrogen) atoms. The van der Waals surface area contributed by atoms with Crippen LogP contribution in [-0.2, 0) is 9.59 Å². The first-order valence-electron chi connectivity index (χ1n) is 7.25. The van der Waals surface area contributed by atoms with E-state index in [0.29, 0.717) is 30.4 Å². The zero-order chi connectivity index (χ0) is 16.5. The summed E-state index contributed by atoms with van der Waals surface area (Å²) in [4.78, 5) is 23.5. The van der Waals surface area contributed by atoms with Crippen LogP contribution in [0.3, 0.4) is 0 Å². The highest BCUT2D eigenvalue weighted by atomic mass is 16.5. The van der Waals surface area contributed by atoms with Crippen molar-refractivity contribution in [2.75, 3.05) is 38.7 Å². The number of quaternary nitrogens is 1. The molecule has 0 fully saturated rings. The van der Waals surface area contributed by atoms with Gasteiger partial charge in [-0.3, -0.25) is 9.59 Å². The fraction of sp³-hybridized carbons (Fsp3) is 0.467. The van der Waals surface area contributed by atoms with E-state index in [0.717, 1.165) is 4.90 Å². The first kappa shape index (κ1) is 17.8. The van der Waals surface area contributed by atoms with E-state index in [4.69, 9.17) is 15.2 Å². The molecule has 0 saturated heterocycles. The standard InChI is InChI=1S/C15H23N3O4/c1-4-21-12-7-6-11(8-13(12)22-5-2)17-15(20)10-18(3)9-14(16)19/h6-8H,4-5,9-10H2,1-3H3,(H2,16,19)(H,17,20)/p+1. The molecule has 1 atom stereocenters. The van der Waals surface area contributed by atoms with Crippen molar-refractivity contribution in [3.05, 3.63) is 18.2 Å². The second-order valence-electron chi connectivity index (χ2n) is 4.85. The van der Waals surface area contributed by atoms with Gasteiger partial charge in [0.15, 0.2) is 24.6 Å². The fourth-order valence-corrected chi connectivity index (χ4v) is 1.97. The average molecular weight is 310 g/mol. The van der Waals surface area contributed by atoms with Crippen molar-refractivity contribution < 1.29 is 24.0 Å². The predicted molar refractivity (Wildman–Crippen MR) is 83.2 cm³/mol. The van der Waals surface area contributed by atoms with Gasteiger partial charge < -0.3 is 25.4 Å². The van der Waals surface area contributed by atoms with Crippen molar-refractivity contribution in [2.24, 2.45) is 5.73 Å². The Balaban J connectivity index is 2.70. The number of amides is 2. The quantitative estimate of drug-likeness (QED) is 0.569. The molecule has 4 N–H and O–H groups in total. The van der Waals surface area contributed by atoms with E-state index in [9.17, 15) is 9.59 Å². The first-order valence-corrected chi connectivity index (χ1v) is 7.25. The maximum atomic E-state index is 11.9. The van der Waals surface area contributed by atoms with Crippen molar-refractivity contribution in [1.82, 2.24) is 0 Å². The number of likely N-dealkylation sites (N-methyl/N-ethyl adjacent to an activating group) is 1. The smallest absolute Gasteiger partial charge is 0.279 e. The summed E-state index contributed by atoms with van der Waals surface area (Å²) in [6.45, 7) is 5.07. The van der Waals surface area contributed by atoms with E-state index >= 15 is 0 Å². The third-order valence-electron chi connectivity index (χ3n) is 2.77. The van der Waals surface area contributed by atoms with E-state index in [1.54, 1.807) is 25.2 Å². The number of carbonyl (C=O) groups excluding carboxylic acids is 2. The van der Waals surface area contributed by atoms with Gasteiger partial charge in [-0.2, -0.15) is 0 Å². The number of rotatable bonds is 9. The molecule has 122 valence electrons. The van der Waals surface area contributed by atoms with Crippen LogP contribution < -0.4 is 25.4 Å². The van der Waals surface area contributed by atoms with Gasteiger partial charge in [0, 0.05) is 11.8 Å². The Hall–Kier alpha value is -2.28. The van der Waals surface area contributed by atoms with Gasteiger partial charge in [0.1, 0.15) is 0 Å². The molecule has 1 aromatic rings. The molecule has 7 heteroatoms. The Morgan fingerprint density at radius 1 is 1.14 bits per heavy atom. The normalized spacial score (nSPS) is 11.6. The Labute approximate surface area is 130 Å². The maximum Gasteiger partial charge on any atom is 0.279 e. The summed E-state index contributed by atoms with van der Waals surface area (Å²) in [5.41, 5.74) is 5.71. The van der Waals surface area contributed by atoms with Crippen LogP contribution in [0.1, 0.15) is 13.8 Å². The highest BCUT2D eigenvalue weighted by Crippen LogP contribution is 2.30. The monoisotopic (exact) mass is 310 g/mol. The van der Waals surface area contributed by atoms with Crippen molar-refractivity contribution in [2.45, 2.75) is 13.8 Å². The van der Waals surface area contributed by atoms with Gasteiger partial charge in [0.25, 0.3) is 11.8 Å². The number of carbonyl (C=O) groups is 2. The van der Waals surface area contributed by atoms with Gasteiger partial charge in [-0.05, 0) is 26.0 Å². The van der Waals surface area contributed by atoms with Crippen LogP contribution in [0.15, 0.2) is 18.2 Å². The molecule has 2 amide bonds. The third-order valence-corrected chi connectivity index (χ3v) is 2.77. The third kappa shape index (κ3) is 6.01. The average Bonchev–Trinajstić information content (AvgIpc) is 2.41. The zero-order valence-corrected chi connectivity index (χ0v) is 13.3. The van der Waals surface area contributed by atoms with E-state index < -0.39 is 5.91 Å². The number of primary amides is 1. The lowest BCUT2D eigenvalue weighted by Crippen LogP contribution is -3.11. The number of hydrogen-bond donors (Lipinski definition) is 3. The zero-order valence-electron chi connectivity index (χ0n) is 13.3. The molecule has 0 aliphatic carbocycles. The van der Waals surface area contributed by atoms with Crippen LogP contribution in [0, 0.1) is 0 Å². The molecule has 0 saturated carbocycles. The number of anilines is 1. The summed E-state index contributed by atoms with van der Waals surface area (Å²) in [6.07, 6.45) is 0. The first-order chi connectivity index (χ1) is 10.5. The van der Waals surface area contributed by atoms with Gasteiger partial charge >= 0.3 is 0 Å². The minimum atomic E-state index is -0.440. The highest BCUT2D eigenvalue weighted by Gasteiger charge is 2.13. The Bertz CT molecular complexity index is 520. The molecule has 0 spiro atoms. The molecule has 0 bridgehead atoms. The lowest BCUT2D eigenvalue weighted by molar-refractivity contribution is -0.862. The van der Waals surface area contributed by atoms with Gasteiger partial charge in [-0.25, -0.2) is 0 Å². The van der Waals surface area contributed by atoms with Crippen LogP contribution in [0.2, 0.25) is 0 Å². The van der Waals surface area contributed by atoms with Gasteiger partial charge in [-0.15, -0.1) is 0 Å². The predicted octanol–water partition coefficient (Wildman–Crippen LogP) is -0.577. The molecular formula is C15H24N3O4+. The largest absolute Gasteiger partial charge is 0.490 e. The fourth-order valence-electron chi connectivity index (χ4n) is 1.97. The van der Waals surface area contributed by atoms with Crippen molar-refractivity contribution in [3.8, 4) is 11.5 Å². The van der Waals surface area contributed by atoms with Gasteiger partial charge in [0.05, 0.1) is 20.3 Å². The van der Waals surface area contributed by atoms with Crippen molar-refractivity contribution in [3.63, 3.8) is 0 Å². The number of benzene rings is 1. The molecule has 0 aliphatic heterocycles. The summed E-state index contributed by atoms with van der Waals surface area (Å²) < 4.78 is 11.0. The van der Waals surface area contributed by atoms with Crippen molar-refractivity contribution in [1.29, 1.82) is 0 Å². The van der Waals surface area contributed by atoms with Gasteiger partial charge in [0.2, 0.25) is 0 Å². The Kier molecular flexibility index (Phi) is 7.18. The van der Waals surface area contributed by atoms with Crippen LogP contribution in [-0.4, -0.2) is 45.2 Å². The number of hydrogen-bond acceptors (Lipinski definition) is 4. The Morgan fingerprint density at radius 2 is 1.77 bits per heavy atom. The summed E-state index contributed by atoms with van der Waals surface area (Å²) in [5.74, 6) is 0.578. The minimum absolute atomic E-state index is 0.112. The highest BCUT2D eigenvalue weighted by molar-refractivity contribution is 5.92. The molecule has 1 unspecified atom stereocenters. The lowest BCUT2D eigenvalue weighted by atomic mass is 10.2. The topological polar surface area (TPSA) is 95.1 Å². The summed E-state index contributed by atoms with van der Waals surface area (Å²) >= 11 is 0. The van der Waals surface area contributed by atoms with Crippen LogP contribution in [0.4, 0.5) is 5.69 Å². The number of nitrogens with two attached hydrogens (primary N) is 1. The van der Waals surface area contributed by atoms with E-state index in [-0.39, 0.29) is 19.0 Å². The minimum Gasteiger partial charge on any atom is -0.490 e. The van der Waals surface area contributed by atoms with Crippen molar-refractivity contribution >= 4 is 17.5 Å². The molecule has 0 aliphatic rings. The maximum absolute atomic E-state index is 11.9. The molecule has 7 nitrogen and oxygen atoms in total. The second kappa shape index (κ2) is 8.89. The van der Waals surface area contributed by atoms with Crippen LogP contribution in [0.25, 0.3) is 0 Å². The summed E-state index contributed by atoms with van der Waals surface area (Å²) in [5, 5.41) is 2.77. The van der Waals surface area contributed by atoms with Crippen LogP contribution >= 0.6 is 0 Å². The SMILES string of the molecule is CCOc1ccc(NC(=O)C[NH+](C)CC(N)=O)cc1OCC. The number of nitrogens with one attached hydrogen (secondary N) is 2. The van der Waals surface area contributed by atoms with Gasteiger partial charge in [-0.1, -0.05) is 0 Å². The summed E-state index contributed by atoms with van der Waals surface area (Å²) in [7, 11) is 1.73. The van der Waals surface area contributed by atoms with E-state index in [2.05, 4.69) is 5.32 Å². The summed E-state index contributed by atoms with van der Waals surface area (Å²) in [6, 6.07) is 5.22. The lowest BCUT2D eigenvalue weighted by Gasteiger charge is -2.14. The second-order valence-corrected chi connectivity index (χ2v) is 4.85. The van der Waals surface area contributed by atoms with Crippen LogP contribution in [0.5, 0.6) is 11.5 Å². The Morgan fingerprint density at radius 3 is 2.36 bits per heavy atom. The molecule has 0 radical (unpaired) electrons. The molecule has 0 heterocycles. The molecule has 1 aromatic carbocycles. The molecule has 1 rings (SSSR count).